The minimum Gasteiger partial charge on any atom is -0.481 e. The number of methoxy groups -OCH3 is 1. The third kappa shape index (κ3) is 2.02. The van der Waals surface area contributed by atoms with Crippen molar-refractivity contribution < 1.29 is 14.3 Å². The zero-order valence-corrected chi connectivity index (χ0v) is 10.2. The largest absolute Gasteiger partial charge is 0.481 e. The van der Waals surface area contributed by atoms with Crippen molar-refractivity contribution in [3.8, 4) is 5.88 Å². The van der Waals surface area contributed by atoms with Gasteiger partial charge >= 0.3 is 5.97 Å². The number of pyridine rings is 1. The number of rotatable bonds is 3. The van der Waals surface area contributed by atoms with Gasteiger partial charge in [0, 0.05) is 23.8 Å². The minimum atomic E-state index is -0.259. The molecule has 0 saturated heterocycles. The van der Waals surface area contributed by atoms with E-state index in [1.807, 2.05) is 13.0 Å². The van der Waals surface area contributed by atoms with Crippen LogP contribution in [0.2, 0.25) is 0 Å². The third-order valence-corrected chi connectivity index (χ3v) is 2.80. The Morgan fingerprint density at radius 2 is 2.29 bits per heavy atom. The molecule has 2 rings (SSSR count). The van der Waals surface area contributed by atoms with E-state index in [1.165, 1.54) is 0 Å². The fraction of sp³-hybridized carbons (Fsp3) is 0.385. The van der Waals surface area contributed by atoms with Crippen LogP contribution in [0.25, 0.3) is 6.08 Å². The number of hydrogen-bond donors (Lipinski definition) is 0. The number of carbonyl (C=O) groups excluding carboxylic acids is 1. The average Bonchev–Trinajstić information content (AvgIpc) is 2.76. The van der Waals surface area contributed by atoms with Crippen LogP contribution in [0.5, 0.6) is 5.88 Å². The lowest BCUT2D eigenvalue weighted by Crippen LogP contribution is -2.07. The first-order valence-electron chi connectivity index (χ1n) is 5.57. The maximum atomic E-state index is 11.7. The third-order valence-electron chi connectivity index (χ3n) is 2.80. The van der Waals surface area contributed by atoms with E-state index in [-0.39, 0.29) is 5.97 Å². The molecule has 0 spiro atoms. The lowest BCUT2D eigenvalue weighted by molar-refractivity contribution is -0.138. The van der Waals surface area contributed by atoms with Gasteiger partial charge in [0.2, 0.25) is 5.88 Å². The van der Waals surface area contributed by atoms with Crippen LogP contribution in [0.15, 0.2) is 11.8 Å². The second-order valence-corrected chi connectivity index (χ2v) is 3.91. The van der Waals surface area contributed by atoms with Gasteiger partial charge in [-0.15, -0.1) is 0 Å². The molecule has 0 aliphatic heterocycles. The normalized spacial score (nSPS) is 13.0. The van der Waals surface area contributed by atoms with Crippen LogP contribution in [0.1, 0.15) is 23.6 Å². The lowest BCUT2D eigenvalue weighted by atomic mass is 10.1. The second kappa shape index (κ2) is 4.57. The van der Waals surface area contributed by atoms with Gasteiger partial charge in [-0.2, -0.15) is 0 Å². The molecule has 0 N–H and O–H groups in total. The molecular formula is C13H15NO3. The number of nitrogens with zero attached hydrogens (tertiary/aromatic N) is 1. The summed E-state index contributed by atoms with van der Waals surface area (Å²) in [5, 5.41) is 0. The molecule has 0 amide bonds. The molecule has 0 saturated carbocycles. The highest BCUT2D eigenvalue weighted by Crippen LogP contribution is 2.33. The van der Waals surface area contributed by atoms with Gasteiger partial charge in [0.25, 0.3) is 0 Å². The van der Waals surface area contributed by atoms with E-state index in [0.29, 0.717) is 24.5 Å². The van der Waals surface area contributed by atoms with Gasteiger partial charge in [0.15, 0.2) is 0 Å². The van der Waals surface area contributed by atoms with Crippen molar-refractivity contribution in [3.05, 3.63) is 28.5 Å². The number of ether oxygens (including phenoxy) is 2. The molecule has 4 nitrogen and oxygen atoms in total. The molecule has 0 radical (unpaired) electrons. The molecule has 1 aliphatic carbocycles. The smallest absolute Gasteiger partial charge is 0.334 e. The molecule has 1 aromatic rings. The average molecular weight is 233 g/mol. The zero-order chi connectivity index (χ0) is 12.4. The number of carbonyl (C=O) groups is 1. The van der Waals surface area contributed by atoms with Crippen molar-refractivity contribution >= 4 is 12.0 Å². The fourth-order valence-corrected chi connectivity index (χ4v) is 1.97. The topological polar surface area (TPSA) is 48.4 Å². The molecule has 0 aromatic carbocycles. The van der Waals surface area contributed by atoms with Gasteiger partial charge in [-0.3, -0.25) is 0 Å². The van der Waals surface area contributed by atoms with E-state index < -0.39 is 0 Å². The number of fused-ring (bicyclic) bond motifs is 1. The molecule has 1 aromatic heterocycles. The summed E-state index contributed by atoms with van der Waals surface area (Å²) in [5.41, 5.74) is 3.70. The SMILES string of the molecule is CCOC(=O)C1=Cc2c(C)cnc(OC)c2C1. The van der Waals surface area contributed by atoms with Gasteiger partial charge in [-0.05, 0) is 31.1 Å². The summed E-state index contributed by atoms with van der Waals surface area (Å²) in [5.74, 6) is 0.325. The Balaban J connectivity index is 2.35. The first kappa shape index (κ1) is 11.6. The summed E-state index contributed by atoms with van der Waals surface area (Å²) < 4.78 is 10.2. The summed E-state index contributed by atoms with van der Waals surface area (Å²) >= 11 is 0. The number of hydrogen-bond acceptors (Lipinski definition) is 4. The summed E-state index contributed by atoms with van der Waals surface area (Å²) in [7, 11) is 1.58. The second-order valence-electron chi connectivity index (χ2n) is 3.91. The number of aryl methyl sites for hydroxylation is 1. The Morgan fingerprint density at radius 1 is 1.53 bits per heavy atom. The summed E-state index contributed by atoms with van der Waals surface area (Å²) in [6, 6.07) is 0. The number of esters is 1. The van der Waals surface area contributed by atoms with E-state index >= 15 is 0 Å². The Bertz CT molecular complexity index is 492. The molecule has 0 atom stereocenters. The standard InChI is InChI=1S/C13H15NO3/c1-4-17-13(15)9-5-10-8(2)7-14-12(16-3)11(10)6-9/h5,7H,4,6H2,1-3H3. The summed E-state index contributed by atoms with van der Waals surface area (Å²) in [6.07, 6.45) is 4.15. The van der Waals surface area contributed by atoms with Crippen LogP contribution in [0.4, 0.5) is 0 Å². The van der Waals surface area contributed by atoms with E-state index in [1.54, 1.807) is 20.2 Å². The first-order chi connectivity index (χ1) is 8.17. The molecule has 17 heavy (non-hydrogen) atoms. The zero-order valence-electron chi connectivity index (χ0n) is 10.2. The lowest BCUT2D eigenvalue weighted by Gasteiger charge is -2.07. The van der Waals surface area contributed by atoms with E-state index in [9.17, 15) is 4.79 Å². The maximum absolute atomic E-state index is 11.7. The molecule has 0 unspecified atom stereocenters. The van der Waals surface area contributed by atoms with Crippen molar-refractivity contribution in [1.29, 1.82) is 0 Å². The highest BCUT2D eigenvalue weighted by Gasteiger charge is 2.24. The van der Waals surface area contributed by atoms with Gasteiger partial charge in [0.1, 0.15) is 0 Å². The molecule has 1 aliphatic rings. The Morgan fingerprint density at radius 3 is 2.94 bits per heavy atom. The van der Waals surface area contributed by atoms with Crippen LogP contribution < -0.4 is 4.74 Å². The Labute approximate surface area is 100 Å². The Kier molecular flexibility index (Phi) is 3.13. The van der Waals surface area contributed by atoms with Crippen LogP contribution in [-0.2, 0) is 16.0 Å². The van der Waals surface area contributed by atoms with Crippen molar-refractivity contribution in [1.82, 2.24) is 4.98 Å². The summed E-state index contributed by atoms with van der Waals surface area (Å²) in [6.45, 7) is 4.16. The molecule has 4 heteroatoms. The Hall–Kier alpha value is -1.84. The molecular weight excluding hydrogens is 218 g/mol. The molecule has 0 fully saturated rings. The highest BCUT2D eigenvalue weighted by atomic mass is 16.5. The monoisotopic (exact) mass is 233 g/mol. The van der Waals surface area contributed by atoms with Gasteiger partial charge in [-0.1, -0.05) is 0 Å². The van der Waals surface area contributed by atoms with E-state index in [0.717, 1.165) is 16.7 Å². The summed E-state index contributed by atoms with van der Waals surface area (Å²) in [4.78, 5) is 15.9. The van der Waals surface area contributed by atoms with E-state index in [4.69, 9.17) is 9.47 Å². The minimum absolute atomic E-state index is 0.259. The van der Waals surface area contributed by atoms with Gasteiger partial charge in [-0.25, -0.2) is 9.78 Å². The van der Waals surface area contributed by atoms with Crippen molar-refractivity contribution in [2.75, 3.05) is 13.7 Å². The maximum Gasteiger partial charge on any atom is 0.334 e. The number of aromatic nitrogens is 1. The predicted octanol–water partition coefficient (Wildman–Crippen LogP) is 1.90. The molecule has 90 valence electrons. The van der Waals surface area contributed by atoms with Crippen LogP contribution in [0, 0.1) is 6.92 Å². The molecule has 0 bridgehead atoms. The highest BCUT2D eigenvalue weighted by molar-refractivity contribution is 5.97. The first-order valence-corrected chi connectivity index (χ1v) is 5.57. The van der Waals surface area contributed by atoms with E-state index in [2.05, 4.69) is 4.98 Å². The van der Waals surface area contributed by atoms with Crippen molar-refractivity contribution in [2.24, 2.45) is 0 Å². The van der Waals surface area contributed by atoms with Gasteiger partial charge < -0.3 is 9.47 Å². The predicted molar refractivity (Wildman–Crippen MR) is 63.8 cm³/mol. The van der Waals surface area contributed by atoms with Crippen molar-refractivity contribution in [3.63, 3.8) is 0 Å². The molecule has 1 heterocycles. The van der Waals surface area contributed by atoms with Crippen LogP contribution in [0.3, 0.4) is 0 Å². The van der Waals surface area contributed by atoms with Crippen molar-refractivity contribution in [2.45, 2.75) is 20.3 Å². The fourth-order valence-electron chi connectivity index (χ4n) is 1.97. The van der Waals surface area contributed by atoms with Crippen LogP contribution >= 0.6 is 0 Å². The van der Waals surface area contributed by atoms with Crippen LogP contribution in [-0.4, -0.2) is 24.7 Å². The van der Waals surface area contributed by atoms with Gasteiger partial charge in [0.05, 0.1) is 13.7 Å². The quantitative estimate of drug-likeness (QED) is 0.748.